The van der Waals surface area contributed by atoms with Gasteiger partial charge in [0.1, 0.15) is 5.75 Å². The van der Waals surface area contributed by atoms with Crippen LogP contribution < -0.4 is 10.1 Å². The van der Waals surface area contributed by atoms with Crippen molar-refractivity contribution in [1.82, 2.24) is 0 Å². The Balaban J connectivity index is 2.20. The molecule has 0 spiro atoms. The van der Waals surface area contributed by atoms with Crippen LogP contribution in [0, 0.1) is 13.8 Å². The molecule has 0 saturated heterocycles. The third kappa shape index (κ3) is 3.69. The number of ether oxygens (including phenoxy) is 1. The predicted molar refractivity (Wildman–Crippen MR) is 81.6 cm³/mol. The number of rotatable bonds is 3. The van der Waals surface area contributed by atoms with Crippen LogP contribution in [0.3, 0.4) is 0 Å². The topological polar surface area (TPSA) is 55.4 Å². The molecule has 0 radical (unpaired) electrons. The molecular weight excluding hydrogens is 266 g/mol. The van der Waals surface area contributed by atoms with Crippen molar-refractivity contribution in [2.45, 2.75) is 20.8 Å². The van der Waals surface area contributed by atoms with Gasteiger partial charge in [0.15, 0.2) is 0 Å². The number of benzene rings is 2. The largest absolute Gasteiger partial charge is 0.427 e. The number of carbonyl (C=O) groups is 2. The van der Waals surface area contributed by atoms with E-state index in [9.17, 15) is 9.59 Å². The van der Waals surface area contributed by atoms with Gasteiger partial charge < -0.3 is 10.1 Å². The molecule has 2 rings (SSSR count). The van der Waals surface area contributed by atoms with Crippen molar-refractivity contribution in [2.75, 3.05) is 5.32 Å². The van der Waals surface area contributed by atoms with E-state index in [1.807, 2.05) is 32.0 Å². The Kier molecular flexibility index (Phi) is 4.38. The minimum Gasteiger partial charge on any atom is -0.427 e. The van der Waals surface area contributed by atoms with Gasteiger partial charge in [0.05, 0.1) is 0 Å². The van der Waals surface area contributed by atoms with Gasteiger partial charge in [-0.2, -0.15) is 0 Å². The highest BCUT2D eigenvalue weighted by Crippen LogP contribution is 2.20. The van der Waals surface area contributed by atoms with Crippen molar-refractivity contribution >= 4 is 17.6 Å². The maximum Gasteiger partial charge on any atom is 0.308 e. The van der Waals surface area contributed by atoms with Gasteiger partial charge in [0, 0.05) is 18.2 Å². The van der Waals surface area contributed by atoms with Crippen LogP contribution in [0.25, 0.3) is 0 Å². The lowest BCUT2D eigenvalue weighted by Gasteiger charge is -2.11. The lowest BCUT2D eigenvalue weighted by molar-refractivity contribution is -0.131. The number of aryl methyl sites for hydroxylation is 1. The van der Waals surface area contributed by atoms with Crippen LogP contribution in [-0.2, 0) is 4.79 Å². The average Bonchev–Trinajstić information content (AvgIpc) is 2.43. The Morgan fingerprint density at radius 1 is 1.05 bits per heavy atom. The smallest absolute Gasteiger partial charge is 0.308 e. The summed E-state index contributed by atoms with van der Waals surface area (Å²) in [4.78, 5) is 23.2. The highest BCUT2D eigenvalue weighted by Gasteiger charge is 2.10. The number of hydrogen-bond donors (Lipinski definition) is 1. The summed E-state index contributed by atoms with van der Waals surface area (Å²) in [5.74, 6) is -0.295. The normalized spacial score (nSPS) is 10.0. The summed E-state index contributed by atoms with van der Waals surface area (Å²) >= 11 is 0. The second-order valence-electron chi connectivity index (χ2n) is 4.82. The van der Waals surface area contributed by atoms with E-state index in [4.69, 9.17) is 4.74 Å². The van der Waals surface area contributed by atoms with Crippen LogP contribution in [0.5, 0.6) is 5.75 Å². The quantitative estimate of drug-likeness (QED) is 0.693. The molecule has 4 nitrogen and oxygen atoms in total. The molecule has 0 atom stereocenters. The standard InChI is InChI=1S/C17H17NO3/c1-11-6-4-9-16(12(11)2)18-17(20)14-7-5-8-15(10-14)21-13(3)19/h4-10H,1-3H3,(H,18,20). The summed E-state index contributed by atoms with van der Waals surface area (Å²) in [6, 6.07) is 12.3. The summed E-state index contributed by atoms with van der Waals surface area (Å²) in [6.45, 7) is 5.27. The Labute approximate surface area is 123 Å². The van der Waals surface area contributed by atoms with E-state index in [-0.39, 0.29) is 5.91 Å². The van der Waals surface area contributed by atoms with Crippen LogP contribution in [0.4, 0.5) is 5.69 Å². The predicted octanol–water partition coefficient (Wildman–Crippen LogP) is 3.48. The van der Waals surface area contributed by atoms with Crippen molar-refractivity contribution in [3.05, 3.63) is 59.2 Å². The minimum absolute atomic E-state index is 0.238. The van der Waals surface area contributed by atoms with Gasteiger partial charge in [-0.3, -0.25) is 9.59 Å². The molecule has 0 aromatic heterocycles. The fourth-order valence-corrected chi connectivity index (χ4v) is 1.95. The first-order chi connectivity index (χ1) is 9.97. The monoisotopic (exact) mass is 283 g/mol. The van der Waals surface area contributed by atoms with Crippen LogP contribution in [0.2, 0.25) is 0 Å². The number of hydrogen-bond acceptors (Lipinski definition) is 3. The molecule has 2 aromatic carbocycles. The lowest BCUT2D eigenvalue weighted by Crippen LogP contribution is -2.13. The first kappa shape index (κ1) is 14.8. The average molecular weight is 283 g/mol. The molecule has 0 aliphatic heterocycles. The zero-order chi connectivity index (χ0) is 15.4. The highest BCUT2D eigenvalue weighted by atomic mass is 16.5. The Morgan fingerprint density at radius 3 is 2.48 bits per heavy atom. The molecule has 0 bridgehead atoms. The van der Waals surface area contributed by atoms with Crippen LogP contribution in [0.15, 0.2) is 42.5 Å². The summed E-state index contributed by atoms with van der Waals surface area (Å²) in [5.41, 5.74) is 3.36. The van der Waals surface area contributed by atoms with E-state index < -0.39 is 5.97 Å². The zero-order valence-corrected chi connectivity index (χ0v) is 12.3. The second kappa shape index (κ2) is 6.22. The number of anilines is 1. The first-order valence-corrected chi connectivity index (χ1v) is 6.63. The fraction of sp³-hybridized carbons (Fsp3) is 0.176. The molecular formula is C17H17NO3. The molecule has 108 valence electrons. The van der Waals surface area contributed by atoms with Gasteiger partial charge in [-0.05, 0) is 49.2 Å². The third-order valence-corrected chi connectivity index (χ3v) is 3.21. The first-order valence-electron chi connectivity index (χ1n) is 6.63. The molecule has 0 aliphatic carbocycles. The number of carbonyl (C=O) groups excluding carboxylic acids is 2. The Bertz CT molecular complexity index is 692. The summed E-state index contributed by atoms with van der Waals surface area (Å²) < 4.78 is 4.98. The van der Waals surface area contributed by atoms with Crippen LogP contribution in [0.1, 0.15) is 28.4 Å². The van der Waals surface area contributed by atoms with E-state index in [2.05, 4.69) is 5.32 Å². The van der Waals surface area contributed by atoms with Crippen molar-refractivity contribution in [1.29, 1.82) is 0 Å². The molecule has 0 unspecified atom stereocenters. The van der Waals surface area contributed by atoms with Crippen molar-refractivity contribution in [3.63, 3.8) is 0 Å². The maximum atomic E-state index is 12.3. The number of nitrogens with one attached hydrogen (secondary N) is 1. The van der Waals surface area contributed by atoms with E-state index in [1.54, 1.807) is 24.3 Å². The van der Waals surface area contributed by atoms with Gasteiger partial charge >= 0.3 is 5.97 Å². The van der Waals surface area contributed by atoms with Crippen LogP contribution in [-0.4, -0.2) is 11.9 Å². The van der Waals surface area contributed by atoms with E-state index in [1.165, 1.54) is 6.92 Å². The SMILES string of the molecule is CC(=O)Oc1cccc(C(=O)Nc2cccc(C)c2C)c1. The molecule has 0 saturated carbocycles. The van der Waals surface area contributed by atoms with Gasteiger partial charge in [0.2, 0.25) is 0 Å². The van der Waals surface area contributed by atoms with Crippen molar-refractivity contribution < 1.29 is 14.3 Å². The molecule has 4 heteroatoms. The van der Waals surface area contributed by atoms with E-state index in [0.717, 1.165) is 16.8 Å². The molecule has 1 N–H and O–H groups in total. The van der Waals surface area contributed by atoms with Gasteiger partial charge in [-0.1, -0.05) is 18.2 Å². The number of amides is 1. The highest BCUT2D eigenvalue weighted by molar-refractivity contribution is 6.05. The molecule has 21 heavy (non-hydrogen) atoms. The lowest BCUT2D eigenvalue weighted by atomic mass is 10.1. The minimum atomic E-state index is -0.415. The van der Waals surface area contributed by atoms with Gasteiger partial charge in [0.25, 0.3) is 5.91 Å². The second-order valence-corrected chi connectivity index (χ2v) is 4.82. The van der Waals surface area contributed by atoms with Gasteiger partial charge in [-0.15, -0.1) is 0 Å². The fourth-order valence-electron chi connectivity index (χ4n) is 1.95. The van der Waals surface area contributed by atoms with Crippen LogP contribution >= 0.6 is 0 Å². The molecule has 2 aromatic rings. The van der Waals surface area contributed by atoms with Crippen molar-refractivity contribution in [2.24, 2.45) is 0 Å². The Morgan fingerprint density at radius 2 is 1.76 bits per heavy atom. The van der Waals surface area contributed by atoms with E-state index in [0.29, 0.717) is 11.3 Å². The van der Waals surface area contributed by atoms with Gasteiger partial charge in [-0.25, -0.2) is 0 Å². The summed E-state index contributed by atoms with van der Waals surface area (Å²) in [7, 11) is 0. The summed E-state index contributed by atoms with van der Waals surface area (Å²) in [6.07, 6.45) is 0. The summed E-state index contributed by atoms with van der Waals surface area (Å²) in [5, 5.41) is 2.87. The molecule has 1 amide bonds. The van der Waals surface area contributed by atoms with Crippen molar-refractivity contribution in [3.8, 4) is 5.75 Å². The maximum absolute atomic E-state index is 12.3. The van der Waals surface area contributed by atoms with E-state index >= 15 is 0 Å². The third-order valence-electron chi connectivity index (χ3n) is 3.21. The molecule has 0 heterocycles. The molecule has 0 aliphatic rings. The molecule has 0 fully saturated rings. The Hall–Kier alpha value is -2.62. The zero-order valence-electron chi connectivity index (χ0n) is 12.3. The number of esters is 1.